The highest BCUT2D eigenvalue weighted by molar-refractivity contribution is 7.85. The Morgan fingerprint density at radius 2 is 1.75 bits per heavy atom. The number of rotatable bonds is 3. The first-order valence-electron chi connectivity index (χ1n) is 6.35. The van der Waals surface area contributed by atoms with Gasteiger partial charge in [0, 0.05) is 10.5 Å². The Balaban J connectivity index is 1.98. The zero-order chi connectivity index (χ0) is 14.4. The first kappa shape index (κ1) is 14.5. The first-order valence-corrected chi connectivity index (χ1v) is 7.67. The lowest BCUT2D eigenvalue weighted by molar-refractivity contribution is 0.257. The summed E-state index contributed by atoms with van der Waals surface area (Å²) >= 11 is 0. The van der Waals surface area contributed by atoms with E-state index >= 15 is 0 Å². The molecule has 20 heavy (non-hydrogen) atoms. The van der Waals surface area contributed by atoms with Crippen LogP contribution in [-0.4, -0.2) is 21.2 Å². The molecule has 1 N–H and O–H groups in total. The van der Waals surface area contributed by atoms with Gasteiger partial charge in [-0.2, -0.15) is 0 Å². The summed E-state index contributed by atoms with van der Waals surface area (Å²) < 4.78 is 12.1. The van der Waals surface area contributed by atoms with Crippen molar-refractivity contribution in [3.8, 4) is 11.8 Å². The van der Waals surface area contributed by atoms with E-state index in [1.807, 2.05) is 61.5 Å². The van der Waals surface area contributed by atoms with Gasteiger partial charge in [0.25, 0.3) is 0 Å². The van der Waals surface area contributed by atoms with Crippen LogP contribution in [0, 0.1) is 18.8 Å². The molecular weight excluding hydrogens is 268 g/mol. The molecule has 0 saturated heterocycles. The van der Waals surface area contributed by atoms with Gasteiger partial charge < -0.3 is 5.11 Å². The number of benzene rings is 2. The summed E-state index contributed by atoms with van der Waals surface area (Å²) in [4.78, 5) is 0.719. The van der Waals surface area contributed by atoms with E-state index in [4.69, 9.17) is 0 Å². The quantitative estimate of drug-likeness (QED) is 0.879. The van der Waals surface area contributed by atoms with Crippen LogP contribution in [-0.2, 0) is 10.8 Å². The molecule has 0 saturated carbocycles. The monoisotopic (exact) mass is 284 g/mol. The number of aliphatic hydroxyl groups excluding tert-OH is 1. The lowest BCUT2D eigenvalue weighted by Crippen LogP contribution is -2.14. The zero-order valence-electron chi connectivity index (χ0n) is 11.2. The Bertz CT molecular complexity index is 636. The van der Waals surface area contributed by atoms with Crippen molar-refractivity contribution in [2.75, 3.05) is 5.75 Å². The summed E-state index contributed by atoms with van der Waals surface area (Å²) in [6, 6.07) is 16.9. The van der Waals surface area contributed by atoms with Gasteiger partial charge in [-0.05, 0) is 31.2 Å². The van der Waals surface area contributed by atoms with Crippen molar-refractivity contribution in [3.63, 3.8) is 0 Å². The minimum Gasteiger partial charge on any atom is -0.379 e. The molecule has 2 rings (SSSR count). The fourth-order valence-electron chi connectivity index (χ4n) is 1.66. The molecule has 2 atom stereocenters. The second-order valence-corrected chi connectivity index (χ2v) is 5.97. The van der Waals surface area contributed by atoms with Crippen LogP contribution in [0.2, 0.25) is 0 Å². The molecule has 0 aliphatic carbocycles. The highest BCUT2D eigenvalue weighted by atomic mass is 32.2. The van der Waals surface area contributed by atoms with Crippen molar-refractivity contribution < 1.29 is 9.32 Å². The predicted octanol–water partition coefficient (Wildman–Crippen LogP) is 2.52. The van der Waals surface area contributed by atoms with Gasteiger partial charge in [0.05, 0.1) is 16.6 Å². The SMILES string of the molecule is Cc1ccc([S@](=O)C[C@H](O)C#Cc2ccccc2)cc1. The normalized spacial score (nSPS) is 13.1. The number of hydrogen-bond donors (Lipinski definition) is 1. The van der Waals surface area contributed by atoms with E-state index < -0.39 is 16.9 Å². The van der Waals surface area contributed by atoms with Gasteiger partial charge in [-0.15, -0.1) is 0 Å². The third kappa shape index (κ3) is 4.34. The molecular formula is C17H16O2S. The van der Waals surface area contributed by atoms with Gasteiger partial charge >= 0.3 is 0 Å². The van der Waals surface area contributed by atoms with Crippen molar-refractivity contribution in [1.82, 2.24) is 0 Å². The van der Waals surface area contributed by atoms with E-state index in [-0.39, 0.29) is 5.75 Å². The number of hydrogen-bond acceptors (Lipinski definition) is 2. The Kier molecular flexibility index (Phi) is 5.11. The molecule has 0 aromatic heterocycles. The van der Waals surface area contributed by atoms with Crippen molar-refractivity contribution in [2.45, 2.75) is 17.9 Å². The minimum absolute atomic E-state index is 0.128. The molecule has 2 nitrogen and oxygen atoms in total. The predicted molar refractivity (Wildman–Crippen MR) is 81.8 cm³/mol. The zero-order valence-corrected chi connectivity index (χ0v) is 12.1. The Morgan fingerprint density at radius 3 is 2.40 bits per heavy atom. The minimum atomic E-state index is -1.23. The van der Waals surface area contributed by atoms with Gasteiger partial charge in [-0.25, -0.2) is 0 Å². The van der Waals surface area contributed by atoms with E-state index in [1.54, 1.807) is 0 Å². The topological polar surface area (TPSA) is 37.3 Å². The van der Waals surface area contributed by atoms with E-state index in [1.165, 1.54) is 0 Å². The highest BCUT2D eigenvalue weighted by Gasteiger charge is 2.08. The molecule has 0 unspecified atom stereocenters. The number of aryl methyl sites for hydroxylation is 1. The summed E-state index contributed by atoms with van der Waals surface area (Å²) in [6.45, 7) is 1.98. The average molecular weight is 284 g/mol. The summed E-state index contributed by atoms with van der Waals surface area (Å²) in [5.74, 6) is 5.73. The summed E-state index contributed by atoms with van der Waals surface area (Å²) in [7, 11) is -1.23. The Morgan fingerprint density at radius 1 is 1.10 bits per heavy atom. The van der Waals surface area contributed by atoms with E-state index in [0.29, 0.717) is 0 Å². The number of aliphatic hydroxyl groups is 1. The molecule has 0 heterocycles. The van der Waals surface area contributed by atoms with E-state index in [9.17, 15) is 9.32 Å². The van der Waals surface area contributed by atoms with Gasteiger partial charge in [-0.1, -0.05) is 47.7 Å². The lowest BCUT2D eigenvalue weighted by Gasteiger charge is -2.04. The molecule has 102 valence electrons. The second kappa shape index (κ2) is 7.04. The van der Waals surface area contributed by atoms with Crippen LogP contribution in [0.1, 0.15) is 11.1 Å². The highest BCUT2D eigenvalue weighted by Crippen LogP contribution is 2.09. The molecule has 0 spiro atoms. The van der Waals surface area contributed by atoms with Gasteiger partial charge in [-0.3, -0.25) is 4.21 Å². The molecule has 0 aliphatic heterocycles. The average Bonchev–Trinajstić information content (AvgIpc) is 2.47. The largest absolute Gasteiger partial charge is 0.379 e. The molecule has 3 heteroatoms. The Labute approximate surface area is 121 Å². The maximum Gasteiger partial charge on any atom is 0.126 e. The molecule has 0 radical (unpaired) electrons. The fourth-order valence-corrected chi connectivity index (χ4v) is 2.66. The fraction of sp³-hybridized carbons (Fsp3) is 0.176. The smallest absolute Gasteiger partial charge is 0.126 e. The third-order valence-corrected chi connectivity index (χ3v) is 4.17. The van der Waals surface area contributed by atoms with Crippen LogP contribution >= 0.6 is 0 Å². The van der Waals surface area contributed by atoms with E-state index in [2.05, 4.69) is 11.8 Å². The molecule has 2 aromatic carbocycles. The Hall–Kier alpha value is -1.89. The molecule has 0 fully saturated rings. The van der Waals surface area contributed by atoms with Crippen LogP contribution in [0.5, 0.6) is 0 Å². The van der Waals surface area contributed by atoms with Crippen LogP contribution in [0.15, 0.2) is 59.5 Å². The summed E-state index contributed by atoms with van der Waals surface area (Å²) in [5.41, 5.74) is 1.96. The molecule has 2 aromatic rings. The maximum atomic E-state index is 12.1. The van der Waals surface area contributed by atoms with Crippen LogP contribution in [0.3, 0.4) is 0 Å². The lowest BCUT2D eigenvalue weighted by atomic mass is 10.2. The van der Waals surface area contributed by atoms with Crippen molar-refractivity contribution in [2.24, 2.45) is 0 Å². The standard InChI is InChI=1S/C17H16O2S/c1-14-7-11-17(12-8-14)20(19)13-16(18)10-9-15-5-3-2-4-6-15/h2-8,11-12,16,18H,13H2,1H3/t16-,20-/m1/s1. The van der Waals surface area contributed by atoms with Gasteiger partial charge in [0.1, 0.15) is 6.10 Å². The first-order chi connectivity index (χ1) is 9.65. The summed E-state index contributed by atoms with van der Waals surface area (Å²) in [5, 5.41) is 9.83. The van der Waals surface area contributed by atoms with Crippen molar-refractivity contribution >= 4 is 10.8 Å². The van der Waals surface area contributed by atoms with Crippen LogP contribution in [0.4, 0.5) is 0 Å². The molecule has 0 bridgehead atoms. The van der Waals surface area contributed by atoms with Crippen molar-refractivity contribution in [1.29, 1.82) is 0 Å². The maximum absolute atomic E-state index is 12.1. The van der Waals surface area contributed by atoms with Crippen molar-refractivity contribution in [3.05, 3.63) is 65.7 Å². The van der Waals surface area contributed by atoms with Gasteiger partial charge in [0.2, 0.25) is 0 Å². The third-order valence-electron chi connectivity index (χ3n) is 2.75. The van der Waals surface area contributed by atoms with Crippen LogP contribution in [0.25, 0.3) is 0 Å². The second-order valence-electron chi connectivity index (χ2n) is 4.48. The molecule has 0 amide bonds. The molecule has 0 aliphatic rings. The van der Waals surface area contributed by atoms with Crippen LogP contribution < -0.4 is 0 Å². The summed E-state index contributed by atoms with van der Waals surface area (Å²) in [6.07, 6.45) is -0.891. The van der Waals surface area contributed by atoms with E-state index in [0.717, 1.165) is 16.0 Å². The van der Waals surface area contributed by atoms with Gasteiger partial charge in [0.15, 0.2) is 0 Å².